The number of fused-ring (bicyclic) bond motifs is 1. The Balaban J connectivity index is 1.96. The molecule has 18 heavy (non-hydrogen) atoms. The maximum Gasteiger partial charge on any atom is 0.155 e. The van der Waals surface area contributed by atoms with Crippen molar-refractivity contribution in [3.8, 4) is 0 Å². The van der Waals surface area contributed by atoms with Crippen LogP contribution in [0.25, 0.3) is 10.2 Å². The average Bonchev–Trinajstić information content (AvgIpc) is 2.75. The Morgan fingerprint density at radius 3 is 2.78 bits per heavy atom. The number of thiazole rings is 1. The number of rotatable bonds is 2. The summed E-state index contributed by atoms with van der Waals surface area (Å²) in [6.45, 7) is 0. The minimum atomic E-state index is 0.732. The van der Waals surface area contributed by atoms with E-state index in [0.29, 0.717) is 0 Å². The molecule has 2 aromatic carbocycles. The van der Waals surface area contributed by atoms with Gasteiger partial charge in [0.1, 0.15) is 0 Å². The van der Waals surface area contributed by atoms with Crippen LogP contribution in [0.4, 0.5) is 0 Å². The molecule has 0 aliphatic rings. The minimum absolute atomic E-state index is 0.732. The van der Waals surface area contributed by atoms with E-state index in [1.165, 1.54) is 4.70 Å². The molecule has 0 spiro atoms. The fraction of sp³-hybridized carbons (Fsp3) is 0. The molecule has 0 saturated heterocycles. The molecule has 1 aromatic heterocycles. The molecule has 1 nitrogen and oxygen atoms in total. The molecule has 0 fully saturated rings. The maximum absolute atomic E-state index is 5.93. The second-order valence-electron chi connectivity index (χ2n) is 3.62. The summed E-state index contributed by atoms with van der Waals surface area (Å²) in [5.74, 6) is 0. The Labute approximate surface area is 126 Å². The van der Waals surface area contributed by atoms with Gasteiger partial charge in [-0.2, -0.15) is 0 Å². The van der Waals surface area contributed by atoms with Crippen molar-refractivity contribution in [2.45, 2.75) is 9.24 Å². The third-order valence-corrected chi connectivity index (χ3v) is 5.69. The van der Waals surface area contributed by atoms with Crippen LogP contribution in [0.2, 0.25) is 5.02 Å². The summed E-state index contributed by atoms with van der Waals surface area (Å²) >= 11 is 12.8. The molecule has 0 amide bonds. The van der Waals surface area contributed by atoms with E-state index in [9.17, 15) is 0 Å². The highest BCUT2D eigenvalue weighted by molar-refractivity contribution is 9.10. The van der Waals surface area contributed by atoms with Gasteiger partial charge >= 0.3 is 0 Å². The minimum Gasteiger partial charge on any atom is -0.229 e. The Kier molecular flexibility index (Phi) is 3.61. The smallest absolute Gasteiger partial charge is 0.155 e. The first kappa shape index (κ1) is 12.5. The van der Waals surface area contributed by atoms with E-state index in [1.54, 1.807) is 23.1 Å². The predicted molar refractivity (Wildman–Crippen MR) is 82.9 cm³/mol. The molecule has 0 aliphatic heterocycles. The van der Waals surface area contributed by atoms with Gasteiger partial charge in [-0.25, -0.2) is 4.98 Å². The van der Waals surface area contributed by atoms with Crippen LogP contribution in [-0.4, -0.2) is 4.98 Å². The normalized spacial score (nSPS) is 11.0. The molecule has 0 atom stereocenters. The predicted octanol–water partition coefficient (Wildman–Crippen LogP) is 5.86. The standard InChI is InChI=1S/C13H7BrClNS2/c14-9-7-8(15)5-6-11(9)17-13-16-10-3-1-2-4-12(10)18-13/h1-7H. The first-order valence-electron chi connectivity index (χ1n) is 5.21. The summed E-state index contributed by atoms with van der Waals surface area (Å²) in [7, 11) is 0. The van der Waals surface area contributed by atoms with E-state index in [4.69, 9.17) is 11.6 Å². The molecule has 1 heterocycles. The van der Waals surface area contributed by atoms with Gasteiger partial charge < -0.3 is 0 Å². The molecule has 3 rings (SSSR count). The van der Waals surface area contributed by atoms with Crippen molar-refractivity contribution >= 4 is 60.8 Å². The Morgan fingerprint density at radius 1 is 1.17 bits per heavy atom. The Morgan fingerprint density at radius 2 is 2.00 bits per heavy atom. The third-order valence-electron chi connectivity index (χ3n) is 2.37. The lowest BCUT2D eigenvalue weighted by Gasteiger charge is -2.01. The van der Waals surface area contributed by atoms with E-state index in [1.807, 2.05) is 36.4 Å². The fourth-order valence-corrected chi connectivity index (χ4v) is 4.50. The van der Waals surface area contributed by atoms with Crippen LogP contribution in [0.3, 0.4) is 0 Å². The van der Waals surface area contributed by atoms with Crippen molar-refractivity contribution in [3.05, 3.63) is 52.0 Å². The average molecular weight is 357 g/mol. The lowest BCUT2D eigenvalue weighted by atomic mass is 10.3. The first-order valence-corrected chi connectivity index (χ1v) is 8.01. The third kappa shape index (κ3) is 2.57. The van der Waals surface area contributed by atoms with Crippen molar-refractivity contribution in [3.63, 3.8) is 0 Å². The fourth-order valence-electron chi connectivity index (χ4n) is 1.55. The summed E-state index contributed by atoms with van der Waals surface area (Å²) < 4.78 is 3.25. The van der Waals surface area contributed by atoms with Gasteiger partial charge in [0.05, 0.1) is 10.2 Å². The zero-order valence-electron chi connectivity index (χ0n) is 9.06. The SMILES string of the molecule is Clc1ccc(Sc2nc3ccccc3s2)c(Br)c1. The van der Waals surface area contributed by atoms with Gasteiger partial charge in [0.25, 0.3) is 0 Å². The molecule has 0 radical (unpaired) electrons. The van der Waals surface area contributed by atoms with Crippen LogP contribution in [-0.2, 0) is 0 Å². The summed E-state index contributed by atoms with van der Waals surface area (Å²) in [5, 5.41) is 0.732. The van der Waals surface area contributed by atoms with Crippen LogP contribution >= 0.6 is 50.6 Å². The monoisotopic (exact) mass is 355 g/mol. The molecule has 90 valence electrons. The molecular weight excluding hydrogens is 350 g/mol. The second kappa shape index (κ2) is 5.21. The summed E-state index contributed by atoms with van der Waals surface area (Å²) in [6, 6.07) is 14.0. The molecule has 0 aliphatic carbocycles. The summed E-state index contributed by atoms with van der Waals surface area (Å²) in [6.07, 6.45) is 0. The molecule has 0 unspecified atom stereocenters. The lowest BCUT2D eigenvalue weighted by Crippen LogP contribution is -1.75. The van der Waals surface area contributed by atoms with E-state index in [-0.39, 0.29) is 0 Å². The lowest BCUT2D eigenvalue weighted by molar-refractivity contribution is 1.29. The van der Waals surface area contributed by atoms with E-state index in [0.717, 1.165) is 24.2 Å². The van der Waals surface area contributed by atoms with E-state index < -0.39 is 0 Å². The summed E-state index contributed by atoms with van der Waals surface area (Å²) in [5.41, 5.74) is 1.05. The van der Waals surface area contributed by atoms with Gasteiger partial charge in [-0.3, -0.25) is 0 Å². The highest BCUT2D eigenvalue weighted by Gasteiger charge is 2.08. The van der Waals surface area contributed by atoms with Crippen LogP contribution in [0.5, 0.6) is 0 Å². The van der Waals surface area contributed by atoms with Crippen LogP contribution in [0.1, 0.15) is 0 Å². The highest BCUT2D eigenvalue weighted by atomic mass is 79.9. The van der Waals surface area contributed by atoms with Crippen molar-refractivity contribution in [2.24, 2.45) is 0 Å². The molecule has 3 aromatic rings. The number of halogens is 2. The van der Waals surface area contributed by atoms with Gasteiger partial charge in [0.15, 0.2) is 4.34 Å². The van der Waals surface area contributed by atoms with Crippen molar-refractivity contribution in [1.82, 2.24) is 4.98 Å². The Hall–Kier alpha value is -0.550. The zero-order valence-corrected chi connectivity index (χ0v) is 13.0. The number of para-hydroxylation sites is 1. The summed E-state index contributed by atoms with van der Waals surface area (Å²) in [4.78, 5) is 5.72. The number of aromatic nitrogens is 1. The largest absolute Gasteiger partial charge is 0.229 e. The van der Waals surface area contributed by atoms with Crippen molar-refractivity contribution < 1.29 is 0 Å². The van der Waals surface area contributed by atoms with Gasteiger partial charge in [0.2, 0.25) is 0 Å². The van der Waals surface area contributed by atoms with Gasteiger partial charge in [-0.05, 0) is 46.3 Å². The molecule has 5 heteroatoms. The number of hydrogen-bond donors (Lipinski definition) is 0. The highest BCUT2D eigenvalue weighted by Crippen LogP contribution is 2.38. The van der Waals surface area contributed by atoms with Crippen molar-refractivity contribution in [1.29, 1.82) is 0 Å². The van der Waals surface area contributed by atoms with Crippen molar-refractivity contribution in [2.75, 3.05) is 0 Å². The molecule has 0 N–H and O–H groups in total. The number of benzene rings is 2. The zero-order chi connectivity index (χ0) is 12.5. The molecule has 0 saturated carbocycles. The maximum atomic E-state index is 5.93. The second-order valence-corrected chi connectivity index (χ2v) is 7.23. The Bertz CT molecular complexity index is 678. The topological polar surface area (TPSA) is 12.9 Å². The van der Waals surface area contributed by atoms with Gasteiger partial charge in [-0.15, -0.1) is 11.3 Å². The van der Waals surface area contributed by atoms with Crippen LogP contribution in [0, 0.1) is 0 Å². The van der Waals surface area contributed by atoms with E-state index in [2.05, 4.69) is 27.0 Å². The molecular formula is C13H7BrClNS2. The van der Waals surface area contributed by atoms with Gasteiger partial charge in [-0.1, -0.05) is 35.5 Å². The van der Waals surface area contributed by atoms with E-state index >= 15 is 0 Å². The molecule has 0 bridgehead atoms. The van der Waals surface area contributed by atoms with Crippen LogP contribution < -0.4 is 0 Å². The number of nitrogens with zero attached hydrogens (tertiary/aromatic N) is 1. The van der Waals surface area contributed by atoms with Crippen LogP contribution in [0.15, 0.2) is 56.2 Å². The van der Waals surface area contributed by atoms with Gasteiger partial charge in [0, 0.05) is 14.4 Å². The number of hydrogen-bond acceptors (Lipinski definition) is 3. The first-order chi connectivity index (χ1) is 8.72. The quantitative estimate of drug-likeness (QED) is 0.570.